The molecule has 1 N–H and O–H groups in total. The van der Waals surface area contributed by atoms with E-state index in [9.17, 15) is 13.2 Å². The average molecular weight is 277 g/mol. The lowest BCUT2D eigenvalue weighted by Gasteiger charge is -2.15. The molecular formula is C13H22F3N3. The Kier molecular flexibility index (Phi) is 5.40. The van der Waals surface area contributed by atoms with Crippen molar-refractivity contribution in [2.45, 2.75) is 58.8 Å². The lowest BCUT2D eigenvalue weighted by atomic mass is 10.0. The van der Waals surface area contributed by atoms with E-state index < -0.39 is 12.6 Å². The molecule has 0 saturated heterocycles. The zero-order valence-electron chi connectivity index (χ0n) is 11.9. The van der Waals surface area contributed by atoms with Crippen LogP contribution in [0.5, 0.6) is 0 Å². The second-order valence-corrected chi connectivity index (χ2v) is 4.78. The van der Waals surface area contributed by atoms with Crippen molar-refractivity contribution in [3.05, 3.63) is 17.0 Å². The van der Waals surface area contributed by atoms with Crippen molar-refractivity contribution in [2.75, 3.05) is 7.05 Å². The fraction of sp³-hybridized carbons (Fsp3) is 0.769. The highest BCUT2D eigenvalue weighted by Crippen LogP contribution is 2.25. The Labute approximate surface area is 112 Å². The SMILES string of the molecule is CCC(NC)c1c(C)nn(CCCC(F)(F)F)c1C. The summed E-state index contributed by atoms with van der Waals surface area (Å²) < 4.78 is 38.1. The maximum atomic E-state index is 12.1. The van der Waals surface area contributed by atoms with Crippen LogP contribution >= 0.6 is 0 Å². The number of nitrogens with one attached hydrogen (secondary N) is 1. The first-order chi connectivity index (χ1) is 8.80. The highest BCUT2D eigenvalue weighted by atomic mass is 19.4. The molecule has 110 valence electrons. The maximum absolute atomic E-state index is 12.1. The summed E-state index contributed by atoms with van der Waals surface area (Å²) in [4.78, 5) is 0. The van der Waals surface area contributed by atoms with Crippen LogP contribution in [0.4, 0.5) is 13.2 Å². The Morgan fingerprint density at radius 3 is 2.42 bits per heavy atom. The Bertz CT molecular complexity index is 406. The van der Waals surface area contributed by atoms with Gasteiger partial charge in [0.05, 0.1) is 5.69 Å². The molecule has 1 unspecified atom stereocenters. The molecule has 0 amide bonds. The number of hydrogen-bond acceptors (Lipinski definition) is 2. The highest BCUT2D eigenvalue weighted by molar-refractivity contribution is 5.28. The molecule has 3 nitrogen and oxygen atoms in total. The van der Waals surface area contributed by atoms with Crippen molar-refractivity contribution in [2.24, 2.45) is 0 Å². The lowest BCUT2D eigenvalue weighted by Crippen LogP contribution is -2.17. The van der Waals surface area contributed by atoms with Crippen LogP contribution in [0.1, 0.15) is 49.2 Å². The van der Waals surface area contributed by atoms with Gasteiger partial charge in [-0.2, -0.15) is 18.3 Å². The molecule has 0 saturated carbocycles. The maximum Gasteiger partial charge on any atom is 0.389 e. The first-order valence-corrected chi connectivity index (χ1v) is 6.58. The Morgan fingerprint density at radius 1 is 1.32 bits per heavy atom. The van der Waals surface area contributed by atoms with Gasteiger partial charge < -0.3 is 5.32 Å². The first kappa shape index (κ1) is 16.0. The van der Waals surface area contributed by atoms with E-state index in [2.05, 4.69) is 17.3 Å². The molecule has 0 bridgehead atoms. The number of hydrogen-bond donors (Lipinski definition) is 1. The molecule has 6 heteroatoms. The van der Waals surface area contributed by atoms with Crippen LogP contribution in [0.3, 0.4) is 0 Å². The number of nitrogens with zero attached hydrogens (tertiary/aromatic N) is 2. The van der Waals surface area contributed by atoms with E-state index >= 15 is 0 Å². The molecule has 0 fully saturated rings. The Morgan fingerprint density at radius 2 is 1.95 bits per heavy atom. The molecule has 0 aliphatic carbocycles. The van der Waals surface area contributed by atoms with E-state index in [0.717, 1.165) is 23.4 Å². The quantitative estimate of drug-likeness (QED) is 0.862. The van der Waals surface area contributed by atoms with Crippen LogP contribution in [-0.2, 0) is 6.54 Å². The van der Waals surface area contributed by atoms with Crippen molar-refractivity contribution in [3.8, 4) is 0 Å². The van der Waals surface area contributed by atoms with E-state index in [1.807, 2.05) is 20.9 Å². The van der Waals surface area contributed by atoms with E-state index in [1.165, 1.54) is 0 Å². The second kappa shape index (κ2) is 6.41. The number of aryl methyl sites for hydroxylation is 2. The third kappa shape index (κ3) is 4.23. The number of rotatable bonds is 6. The van der Waals surface area contributed by atoms with E-state index in [0.29, 0.717) is 6.54 Å². The van der Waals surface area contributed by atoms with Crippen LogP contribution in [-0.4, -0.2) is 23.0 Å². The Balaban J connectivity index is 2.79. The predicted octanol–water partition coefficient (Wildman–Crippen LogP) is 3.51. The molecule has 1 aromatic rings. The number of alkyl halides is 3. The summed E-state index contributed by atoms with van der Waals surface area (Å²) in [7, 11) is 1.88. The van der Waals surface area contributed by atoms with Crippen LogP contribution in [0, 0.1) is 13.8 Å². The molecule has 0 spiro atoms. The van der Waals surface area contributed by atoms with Gasteiger partial charge in [-0.1, -0.05) is 6.92 Å². The summed E-state index contributed by atoms with van der Waals surface area (Å²) in [5.74, 6) is 0. The van der Waals surface area contributed by atoms with Gasteiger partial charge in [-0.25, -0.2) is 0 Å². The summed E-state index contributed by atoms with van der Waals surface area (Å²) in [6, 6.07) is 0.205. The molecular weight excluding hydrogens is 255 g/mol. The molecule has 1 rings (SSSR count). The standard InChI is InChI=1S/C13H22F3N3/c1-5-11(17-4)12-9(2)18-19(10(12)3)8-6-7-13(14,15)16/h11,17H,5-8H2,1-4H3. The van der Waals surface area contributed by atoms with Crippen molar-refractivity contribution in [1.82, 2.24) is 15.1 Å². The minimum Gasteiger partial charge on any atom is -0.313 e. The first-order valence-electron chi connectivity index (χ1n) is 6.58. The zero-order chi connectivity index (χ0) is 14.6. The monoisotopic (exact) mass is 277 g/mol. The van der Waals surface area contributed by atoms with Gasteiger partial charge in [-0.3, -0.25) is 4.68 Å². The fourth-order valence-corrected chi connectivity index (χ4v) is 2.41. The van der Waals surface area contributed by atoms with E-state index in [1.54, 1.807) is 4.68 Å². The van der Waals surface area contributed by atoms with Crippen molar-refractivity contribution in [3.63, 3.8) is 0 Å². The number of aromatic nitrogens is 2. The van der Waals surface area contributed by atoms with Gasteiger partial charge in [-0.05, 0) is 33.7 Å². The molecule has 0 aliphatic heterocycles. The van der Waals surface area contributed by atoms with Gasteiger partial charge in [0.2, 0.25) is 0 Å². The minimum atomic E-state index is -4.09. The van der Waals surface area contributed by atoms with Gasteiger partial charge in [-0.15, -0.1) is 0 Å². The molecule has 0 radical (unpaired) electrons. The molecule has 0 aliphatic rings. The van der Waals surface area contributed by atoms with Crippen LogP contribution in [0.25, 0.3) is 0 Å². The average Bonchev–Trinajstić information content (AvgIpc) is 2.57. The molecule has 19 heavy (non-hydrogen) atoms. The molecule has 1 aromatic heterocycles. The summed E-state index contributed by atoms with van der Waals surface area (Å²) in [5.41, 5.74) is 2.96. The molecule has 0 aromatic carbocycles. The van der Waals surface area contributed by atoms with Crippen molar-refractivity contribution in [1.29, 1.82) is 0 Å². The second-order valence-electron chi connectivity index (χ2n) is 4.78. The largest absolute Gasteiger partial charge is 0.389 e. The van der Waals surface area contributed by atoms with Crippen LogP contribution in [0.2, 0.25) is 0 Å². The topological polar surface area (TPSA) is 29.9 Å². The summed E-state index contributed by atoms with van der Waals surface area (Å²) in [6.07, 6.45) is -3.85. The third-order valence-electron chi connectivity index (χ3n) is 3.37. The summed E-state index contributed by atoms with van der Waals surface area (Å²) in [6.45, 7) is 6.21. The minimum absolute atomic E-state index is 0.0707. The summed E-state index contributed by atoms with van der Waals surface area (Å²) in [5, 5.41) is 7.57. The van der Waals surface area contributed by atoms with E-state index in [4.69, 9.17) is 0 Å². The van der Waals surface area contributed by atoms with Gasteiger partial charge in [0.25, 0.3) is 0 Å². The molecule has 1 heterocycles. The van der Waals surface area contributed by atoms with Crippen LogP contribution in [0.15, 0.2) is 0 Å². The van der Waals surface area contributed by atoms with Crippen molar-refractivity contribution >= 4 is 0 Å². The van der Waals surface area contributed by atoms with Gasteiger partial charge in [0.1, 0.15) is 0 Å². The van der Waals surface area contributed by atoms with Gasteiger partial charge in [0, 0.05) is 30.3 Å². The van der Waals surface area contributed by atoms with Crippen molar-refractivity contribution < 1.29 is 13.2 Å². The highest BCUT2D eigenvalue weighted by Gasteiger charge is 2.26. The third-order valence-corrected chi connectivity index (χ3v) is 3.37. The molecule has 1 atom stereocenters. The summed E-state index contributed by atoms with van der Waals surface area (Å²) >= 11 is 0. The Hall–Kier alpha value is -1.04. The fourth-order valence-electron chi connectivity index (χ4n) is 2.41. The van der Waals surface area contributed by atoms with E-state index in [-0.39, 0.29) is 12.5 Å². The number of halogens is 3. The normalized spacial score (nSPS) is 13.8. The predicted molar refractivity (Wildman–Crippen MR) is 69.1 cm³/mol. The smallest absolute Gasteiger partial charge is 0.313 e. The van der Waals surface area contributed by atoms with Gasteiger partial charge in [0.15, 0.2) is 0 Å². The lowest BCUT2D eigenvalue weighted by molar-refractivity contribution is -0.136. The van der Waals surface area contributed by atoms with Crippen LogP contribution < -0.4 is 5.32 Å². The van der Waals surface area contributed by atoms with Gasteiger partial charge >= 0.3 is 6.18 Å². The zero-order valence-corrected chi connectivity index (χ0v) is 11.9.